The second kappa shape index (κ2) is 8.32. The Kier molecular flexibility index (Phi) is 5.64. The van der Waals surface area contributed by atoms with Crippen LogP contribution in [0.5, 0.6) is 0 Å². The van der Waals surface area contributed by atoms with Crippen molar-refractivity contribution >= 4 is 39.2 Å². The highest BCUT2D eigenvalue weighted by Gasteiger charge is 2.28. The van der Waals surface area contributed by atoms with Gasteiger partial charge in [0, 0.05) is 33.8 Å². The van der Waals surface area contributed by atoms with Crippen molar-refractivity contribution in [3.05, 3.63) is 63.9 Å². The Morgan fingerprint density at radius 1 is 1.25 bits per heavy atom. The molecule has 2 heterocycles. The number of carbonyl (C=O) groups is 1. The Bertz CT molecular complexity index is 976. The van der Waals surface area contributed by atoms with Crippen LogP contribution in [-0.2, 0) is 0 Å². The lowest BCUT2D eigenvalue weighted by Gasteiger charge is -2.31. The topological polar surface area (TPSA) is 71.3 Å². The highest BCUT2D eigenvalue weighted by atomic mass is 79.9. The summed E-state index contributed by atoms with van der Waals surface area (Å²) in [6.45, 7) is 1.24. The van der Waals surface area contributed by atoms with Crippen LogP contribution in [0.1, 0.15) is 24.7 Å². The monoisotopic (exact) mass is 460 g/mol. The first kappa shape index (κ1) is 19.0. The molecule has 1 aliphatic rings. The van der Waals surface area contributed by atoms with Gasteiger partial charge in [0.15, 0.2) is 0 Å². The summed E-state index contributed by atoms with van der Waals surface area (Å²) in [6, 6.07) is 14.7. The molecule has 4 rings (SSSR count). The molecule has 8 heteroatoms. The minimum Gasteiger partial charge on any atom is -0.339 e. The van der Waals surface area contributed by atoms with Gasteiger partial charge in [-0.05, 0) is 49.2 Å². The Labute approximate surface area is 176 Å². The molecule has 0 radical (unpaired) electrons. The summed E-state index contributed by atoms with van der Waals surface area (Å²) in [5, 5.41) is 7.64. The largest absolute Gasteiger partial charge is 0.339 e. The average molecular weight is 462 g/mol. The third-order valence-electron chi connectivity index (χ3n) is 4.68. The summed E-state index contributed by atoms with van der Waals surface area (Å²) in [7, 11) is 0. The molecule has 28 heavy (non-hydrogen) atoms. The molecule has 1 aliphatic heterocycles. The Hall–Kier alpha value is -2.38. The molecule has 0 saturated carbocycles. The highest BCUT2D eigenvalue weighted by Crippen LogP contribution is 2.28. The molecule has 6 nitrogen and oxygen atoms in total. The number of nitrogens with one attached hydrogen (secondary N) is 1. The molecule has 1 fully saturated rings. The van der Waals surface area contributed by atoms with Crippen molar-refractivity contribution in [3.63, 3.8) is 0 Å². The first-order valence-corrected chi connectivity index (χ1v) is 10.2. The van der Waals surface area contributed by atoms with Crippen molar-refractivity contribution in [2.24, 2.45) is 0 Å². The average Bonchev–Trinajstić information content (AvgIpc) is 3.20. The van der Waals surface area contributed by atoms with Crippen molar-refractivity contribution in [2.75, 3.05) is 18.4 Å². The number of nitrogens with zero attached hydrogens (tertiary/aromatic N) is 3. The number of likely N-dealkylation sites (tertiary alicyclic amines) is 1. The molecule has 1 atom stereocenters. The molecule has 1 N–H and O–H groups in total. The van der Waals surface area contributed by atoms with E-state index in [1.54, 1.807) is 17.0 Å². The number of urea groups is 1. The van der Waals surface area contributed by atoms with E-state index in [1.807, 2.05) is 36.4 Å². The SMILES string of the molecule is O=C(Nc1ccc(Br)cc1)N1CCCC(c2nc(-c3cccc(Cl)c3)no2)C1. The number of aromatic nitrogens is 2. The van der Waals surface area contributed by atoms with Gasteiger partial charge in [0.1, 0.15) is 0 Å². The summed E-state index contributed by atoms with van der Waals surface area (Å²) < 4.78 is 6.46. The first-order chi connectivity index (χ1) is 13.6. The van der Waals surface area contributed by atoms with Crippen molar-refractivity contribution in [1.29, 1.82) is 0 Å². The Balaban J connectivity index is 1.43. The van der Waals surface area contributed by atoms with E-state index in [1.165, 1.54) is 0 Å². The van der Waals surface area contributed by atoms with Gasteiger partial charge in [-0.3, -0.25) is 0 Å². The molecule has 1 unspecified atom stereocenters. The van der Waals surface area contributed by atoms with Crippen molar-refractivity contribution in [3.8, 4) is 11.4 Å². The molecule has 0 bridgehead atoms. The molecule has 144 valence electrons. The lowest BCUT2D eigenvalue weighted by atomic mass is 9.98. The van der Waals surface area contributed by atoms with E-state index >= 15 is 0 Å². The van der Waals surface area contributed by atoms with Gasteiger partial charge >= 0.3 is 6.03 Å². The zero-order valence-electron chi connectivity index (χ0n) is 14.9. The number of anilines is 1. The summed E-state index contributed by atoms with van der Waals surface area (Å²) >= 11 is 9.43. The molecule has 2 aromatic carbocycles. The normalized spacial score (nSPS) is 16.8. The van der Waals surface area contributed by atoms with E-state index in [2.05, 4.69) is 31.4 Å². The van der Waals surface area contributed by atoms with Gasteiger partial charge in [-0.25, -0.2) is 4.79 Å². The molecular weight excluding hydrogens is 444 g/mol. The van der Waals surface area contributed by atoms with Gasteiger partial charge in [0.25, 0.3) is 0 Å². The maximum atomic E-state index is 12.6. The van der Waals surface area contributed by atoms with Gasteiger partial charge in [-0.15, -0.1) is 0 Å². The zero-order valence-corrected chi connectivity index (χ0v) is 17.3. The van der Waals surface area contributed by atoms with Crippen LogP contribution < -0.4 is 5.32 Å². The summed E-state index contributed by atoms with van der Waals surface area (Å²) in [6.07, 6.45) is 1.78. The van der Waals surface area contributed by atoms with Crippen LogP contribution in [0.3, 0.4) is 0 Å². The third kappa shape index (κ3) is 4.36. The van der Waals surface area contributed by atoms with Crippen LogP contribution in [0.2, 0.25) is 5.02 Å². The third-order valence-corrected chi connectivity index (χ3v) is 5.44. The maximum absolute atomic E-state index is 12.6. The Morgan fingerprint density at radius 2 is 2.07 bits per heavy atom. The fourth-order valence-electron chi connectivity index (χ4n) is 3.24. The molecule has 3 aromatic rings. The second-order valence-corrected chi connectivity index (χ2v) is 8.04. The number of rotatable bonds is 3. The van der Waals surface area contributed by atoms with Gasteiger partial charge in [0.05, 0.1) is 5.92 Å². The van der Waals surface area contributed by atoms with E-state index < -0.39 is 0 Å². The van der Waals surface area contributed by atoms with Crippen molar-refractivity contribution < 1.29 is 9.32 Å². The number of hydrogen-bond donors (Lipinski definition) is 1. The van der Waals surface area contributed by atoms with Gasteiger partial charge in [-0.2, -0.15) is 4.98 Å². The lowest BCUT2D eigenvalue weighted by molar-refractivity contribution is 0.184. The van der Waals surface area contributed by atoms with Crippen LogP contribution in [0, 0.1) is 0 Å². The molecular formula is C20H18BrClN4O2. The number of hydrogen-bond acceptors (Lipinski definition) is 4. The van der Waals surface area contributed by atoms with Crippen LogP contribution >= 0.6 is 27.5 Å². The molecule has 1 saturated heterocycles. The Morgan fingerprint density at radius 3 is 2.86 bits per heavy atom. The van der Waals surface area contributed by atoms with Gasteiger partial charge in [0.2, 0.25) is 11.7 Å². The summed E-state index contributed by atoms with van der Waals surface area (Å²) in [5.41, 5.74) is 1.57. The number of carbonyl (C=O) groups excluding carboxylic acids is 1. The minimum atomic E-state index is -0.124. The first-order valence-electron chi connectivity index (χ1n) is 8.99. The minimum absolute atomic E-state index is 0.0184. The van der Waals surface area contributed by atoms with E-state index in [0.717, 1.165) is 28.6 Å². The standard InChI is InChI=1S/C20H18BrClN4O2/c21-15-6-8-17(9-7-15)23-20(27)26-10-2-4-14(12-26)19-24-18(25-28-19)13-3-1-5-16(22)11-13/h1,3,5-9,11,14H,2,4,10,12H2,(H,23,27). The number of amides is 2. The fraction of sp³-hybridized carbons (Fsp3) is 0.250. The molecule has 0 aliphatic carbocycles. The van der Waals surface area contributed by atoms with Crippen LogP contribution in [0.25, 0.3) is 11.4 Å². The number of halogens is 2. The quantitative estimate of drug-likeness (QED) is 0.554. The van der Waals surface area contributed by atoms with Crippen molar-refractivity contribution in [1.82, 2.24) is 15.0 Å². The summed E-state index contributed by atoms with van der Waals surface area (Å²) in [4.78, 5) is 18.9. The zero-order chi connectivity index (χ0) is 19.5. The van der Waals surface area contributed by atoms with Crippen LogP contribution in [-0.4, -0.2) is 34.2 Å². The van der Waals surface area contributed by atoms with Crippen molar-refractivity contribution in [2.45, 2.75) is 18.8 Å². The molecule has 0 spiro atoms. The van der Waals surface area contributed by atoms with E-state index in [4.69, 9.17) is 16.1 Å². The predicted octanol–water partition coefficient (Wildman–Crippen LogP) is 5.56. The smallest absolute Gasteiger partial charge is 0.321 e. The van der Waals surface area contributed by atoms with Crippen LogP contribution in [0.15, 0.2) is 57.5 Å². The van der Waals surface area contributed by atoms with Gasteiger partial charge < -0.3 is 14.7 Å². The van der Waals surface area contributed by atoms with E-state index in [0.29, 0.717) is 29.8 Å². The number of piperidine rings is 1. The van der Waals surface area contributed by atoms with Gasteiger partial charge in [-0.1, -0.05) is 44.8 Å². The summed E-state index contributed by atoms with van der Waals surface area (Å²) in [5.74, 6) is 1.08. The lowest BCUT2D eigenvalue weighted by Crippen LogP contribution is -2.41. The highest BCUT2D eigenvalue weighted by molar-refractivity contribution is 9.10. The molecule has 1 aromatic heterocycles. The fourth-order valence-corrected chi connectivity index (χ4v) is 3.70. The van der Waals surface area contributed by atoms with E-state index in [9.17, 15) is 4.79 Å². The predicted molar refractivity (Wildman–Crippen MR) is 111 cm³/mol. The second-order valence-electron chi connectivity index (χ2n) is 6.69. The molecule has 2 amide bonds. The maximum Gasteiger partial charge on any atom is 0.321 e. The number of benzene rings is 2. The van der Waals surface area contributed by atoms with Crippen LogP contribution in [0.4, 0.5) is 10.5 Å². The van der Waals surface area contributed by atoms with E-state index in [-0.39, 0.29) is 11.9 Å².